The molecule has 0 saturated carbocycles. The van der Waals surface area contributed by atoms with E-state index >= 15 is 0 Å². The molecule has 0 aliphatic heterocycles. The van der Waals surface area contributed by atoms with E-state index in [1.54, 1.807) is 12.1 Å². The minimum absolute atomic E-state index is 0.293. The predicted octanol–water partition coefficient (Wildman–Crippen LogP) is 3.81. The third kappa shape index (κ3) is 5.88. The van der Waals surface area contributed by atoms with Gasteiger partial charge in [0.05, 0.1) is 0 Å². The lowest BCUT2D eigenvalue weighted by molar-refractivity contribution is 0.0922. The molecule has 20 heavy (non-hydrogen) atoms. The van der Waals surface area contributed by atoms with Crippen molar-refractivity contribution in [3.8, 4) is 0 Å². The van der Waals surface area contributed by atoms with E-state index in [0.717, 1.165) is 5.56 Å². The monoisotopic (exact) mass is 336 g/mol. The Labute approximate surface area is 135 Å². The maximum absolute atomic E-state index is 12.2. The molecule has 0 unspecified atom stereocenters. The van der Waals surface area contributed by atoms with Gasteiger partial charge in [-0.3, -0.25) is 10.1 Å². The van der Waals surface area contributed by atoms with Crippen LogP contribution in [0.15, 0.2) is 24.3 Å². The number of amides is 1. The molecule has 1 atom stereocenters. The van der Waals surface area contributed by atoms with Crippen molar-refractivity contribution >= 4 is 40.7 Å². The SMILES string of the molecule is Cc1ccc(C(=O)N[C@H](NC(C)(C)C)C(Cl)(Cl)Cl)cc1. The summed E-state index contributed by atoms with van der Waals surface area (Å²) in [6, 6.07) is 7.18. The van der Waals surface area contributed by atoms with Gasteiger partial charge < -0.3 is 5.32 Å². The van der Waals surface area contributed by atoms with Crippen molar-refractivity contribution in [1.29, 1.82) is 0 Å². The quantitative estimate of drug-likeness (QED) is 0.650. The largest absolute Gasteiger partial charge is 0.333 e. The fourth-order valence-corrected chi connectivity index (χ4v) is 1.88. The molecule has 112 valence electrons. The number of nitrogens with one attached hydrogen (secondary N) is 2. The highest BCUT2D eigenvalue weighted by Gasteiger charge is 2.36. The van der Waals surface area contributed by atoms with E-state index in [1.807, 2.05) is 39.8 Å². The normalized spacial score (nSPS) is 13.9. The van der Waals surface area contributed by atoms with Crippen LogP contribution in [0, 0.1) is 6.92 Å². The van der Waals surface area contributed by atoms with Crippen LogP contribution in [-0.4, -0.2) is 21.4 Å². The molecule has 6 heteroatoms. The van der Waals surface area contributed by atoms with Crippen molar-refractivity contribution in [1.82, 2.24) is 10.6 Å². The summed E-state index contributed by atoms with van der Waals surface area (Å²) in [5.41, 5.74) is 1.28. The van der Waals surface area contributed by atoms with E-state index in [4.69, 9.17) is 34.8 Å². The van der Waals surface area contributed by atoms with Gasteiger partial charge >= 0.3 is 0 Å². The van der Waals surface area contributed by atoms with Gasteiger partial charge in [0, 0.05) is 11.1 Å². The number of hydrogen-bond donors (Lipinski definition) is 2. The average Bonchev–Trinajstić information content (AvgIpc) is 2.25. The van der Waals surface area contributed by atoms with Crippen LogP contribution in [-0.2, 0) is 0 Å². The molecule has 0 spiro atoms. The fraction of sp³-hybridized carbons (Fsp3) is 0.500. The van der Waals surface area contributed by atoms with Crippen molar-refractivity contribution in [3.05, 3.63) is 35.4 Å². The van der Waals surface area contributed by atoms with Gasteiger partial charge in [0.1, 0.15) is 6.17 Å². The first-order chi connectivity index (χ1) is 8.99. The highest BCUT2D eigenvalue weighted by molar-refractivity contribution is 6.68. The Bertz CT molecular complexity index is 461. The number of halogens is 3. The summed E-state index contributed by atoms with van der Waals surface area (Å²) >= 11 is 17.7. The number of rotatable bonds is 3. The standard InChI is InChI=1S/C14H19Cl3N2O/c1-9-5-7-10(8-6-9)11(20)18-12(14(15,16)17)19-13(2,3)4/h5-8,12,19H,1-4H3,(H,18,20)/t12-/m1/s1. The maximum Gasteiger partial charge on any atom is 0.252 e. The van der Waals surface area contributed by atoms with Crippen molar-refractivity contribution in [3.63, 3.8) is 0 Å². The van der Waals surface area contributed by atoms with Crippen LogP contribution in [0.3, 0.4) is 0 Å². The van der Waals surface area contributed by atoms with Gasteiger partial charge in [0.15, 0.2) is 0 Å². The molecule has 0 heterocycles. The Morgan fingerprint density at radius 2 is 1.60 bits per heavy atom. The third-order valence-corrected chi connectivity index (χ3v) is 3.15. The predicted molar refractivity (Wildman–Crippen MR) is 85.6 cm³/mol. The molecule has 1 aromatic carbocycles. The van der Waals surface area contributed by atoms with Crippen LogP contribution in [0.4, 0.5) is 0 Å². The molecular formula is C14H19Cl3N2O. The summed E-state index contributed by atoms with van der Waals surface area (Å²) in [4.78, 5) is 12.2. The lowest BCUT2D eigenvalue weighted by Crippen LogP contribution is -2.58. The zero-order valence-corrected chi connectivity index (χ0v) is 14.2. The van der Waals surface area contributed by atoms with Crippen LogP contribution in [0.2, 0.25) is 0 Å². The zero-order chi connectivity index (χ0) is 15.6. The second-order valence-corrected chi connectivity index (χ2v) is 8.08. The van der Waals surface area contributed by atoms with E-state index in [1.165, 1.54) is 0 Å². The smallest absolute Gasteiger partial charge is 0.252 e. The lowest BCUT2D eigenvalue weighted by Gasteiger charge is -2.33. The Kier molecular flexibility index (Phi) is 5.73. The third-order valence-electron chi connectivity index (χ3n) is 2.49. The Morgan fingerprint density at radius 3 is 2.00 bits per heavy atom. The Hall–Kier alpha value is -0.480. The number of carbonyl (C=O) groups excluding carboxylic acids is 1. The summed E-state index contributed by atoms with van der Waals surface area (Å²) < 4.78 is -1.65. The number of aryl methyl sites for hydroxylation is 1. The molecule has 0 aromatic heterocycles. The van der Waals surface area contributed by atoms with Crippen LogP contribution in [0.5, 0.6) is 0 Å². The first-order valence-corrected chi connectivity index (χ1v) is 7.34. The number of benzene rings is 1. The van der Waals surface area contributed by atoms with Gasteiger partial charge in [-0.25, -0.2) is 0 Å². The molecule has 0 aliphatic carbocycles. The highest BCUT2D eigenvalue weighted by atomic mass is 35.6. The van der Waals surface area contributed by atoms with Gasteiger partial charge in [0.2, 0.25) is 3.79 Å². The molecule has 0 radical (unpaired) electrons. The van der Waals surface area contributed by atoms with Gasteiger partial charge in [-0.05, 0) is 39.8 Å². The Balaban J connectivity index is 2.84. The van der Waals surface area contributed by atoms with E-state index < -0.39 is 9.96 Å². The van der Waals surface area contributed by atoms with Crippen molar-refractivity contribution < 1.29 is 4.79 Å². The Morgan fingerprint density at radius 1 is 1.10 bits per heavy atom. The van der Waals surface area contributed by atoms with Crippen molar-refractivity contribution in [2.45, 2.75) is 43.2 Å². The first kappa shape index (κ1) is 17.6. The second kappa shape index (κ2) is 6.52. The summed E-state index contributed by atoms with van der Waals surface area (Å²) in [6.45, 7) is 7.73. The fourth-order valence-electron chi connectivity index (χ4n) is 1.55. The lowest BCUT2D eigenvalue weighted by atomic mass is 10.1. The molecule has 0 bridgehead atoms. The van der Waals surface area contributed by atoms with Gasteiger partial charge in [-0.1, -0.05) is 52.5 Å². The summed E-state index contributed by atoms with van der Waals surface area (Å²) in [6.07, 6.45) is -0.790. The molecule has 1 amide bonds. The molecule has 0 fully saturated rings. The van der Waals surface area contributed by atoms with Crippen molar-refractivity contribution in [2.75, 3.05) is 0 Å². The molecule has 0 saturated heterocycles. The van der Waals surface area contributed by atoms with Gasteiger partial charge in [-0.2, -0.15) is 0 Å². The van der Waals surface area contributed by atoms with E-state index in [2.05, 4.69) is 10.6 Å². The molecule has 3 nitrogen and oxygen atoms in total. The van der Waals surface area contributed by atoms with E-state index in [0.29, 0.717) is 5.56 Å². The van der Waals surface area contributed by atoms with Crippen LogP contribution in [0.1, 0.15) is 36.7 Å². The minimum Gasteiger partial charge on any atom is -0.333 e. The first-order valence-electron chi connectivity index (χ1n) is 6.21. The highest BCUT2D eigenvalue weighted by Crippen LogP contribution is 2.30. The van der Waals surface area contributed by atoms with Crippen LogP contribution < -0.4 is 10.6 Å². The summed E-state index contributed by atoms with van der Waals surface area (Å²) in [5.74, 6) is -0.293. The van der Waals surface area contributed by atoms with Gasteiger partial charge in [0.25, 0.3) is 5.91 Å². The maximum atomic E-state index is 12.2. The van der Waals surface area contributed by atoms with Crippen LogP contribution in [0.25, 0.3) is 0 Å². The van der Waals surface area contributed by atoms with E-state index in [9.17, 15) is 4.79 Å². The second-order valence-electron chi connectivity index (χ2n) is 5.71. The number of carbonyl (C=O) groups is 1. The van der Waals surface area contributed by atoms with E-state index in [-0.39, 0.29) is 11.4 Å². The molecule has 0 aliphatic rings. The molecule has 2 N–H and O–H groups in total. The zero-order valence-electron chi connectivity index (χ0n) is 11.9. The van der Waals surface area contributed by atoms with Crippen LogP contribution >= 0.6 is 34.8 Å². The molecular weight excluding hydrogens is 319 g/mol. The molecule has 1 aromatic rings. The topological polar surface area (TPSA) is 41.1 Å². The summed E-state index contributed by atoms with van der Waals surface area (Å²) in [7, 11) is 0. The average molecular weight is 338 g/mol. The van der Waals surface area contributed by atoms with Gasteiger partial charge in [-0.15, -0.1) is 0 Å². The molecule has 1 rings (SSSR count). The van der Waals surface area contributed by atoms with Crippen molar-refractivity contribution in [2.24, 2.45) is 0 Å². The number of alkyl halides is 3. The summed E-state index contributed by atoms with van der Waals surface area (Å²) in [5, 5.41) is 5.78. The minimum atomic E-state index is -1.65. The number of hydrogen-bond acceptors (Lipinski definition) is 2.